The summed E-state index contributed by atoms with van der Waals surface area (Å²) in [4.78, 5) is 15.9. The van der Waals surface area contributed by atoms with E-state index in [2.05, 4.69) is 162 Å². The van der Waals surface area contributed by atoms with Gasteiger partial charge in [-0.1, -0.05) is 133 Å². The summed E-state index contributed by atoms with van der Waals surface area (Å²) < 4.78 is 8.98. The van der Waals surface area contributed by atoms with E-state index < -0.39 is 0 Å². The predicted octanol–water partition coefficient (Wildman–Crippen LogP) is 12.2. The van der Waals surface area contributed by atoms with Gasteiger partial charge in [-0.05, 0) is 57.9 Å². The lowest BCUT2D eigenvalue weighted by Crippen LogP contribution is -2.01. The van der Waals surface area contributed by atoms with Crippen molar-refractivity contribution in [1.82, 2.24) is 19.5 Å². The number of fused-ring (bicyclic) bond motifs is 8. The van der Waals surface area contributed by atoms with Crippen LogP contribution in [0.3, 0.4) is 0 Å². The Hall–Kier alpha value is -7.11. The molecule has 0 spiro atoms. The SMILES string of the molecule is c1ccc(-n2c3ccccc3c3ccc(-c4nc(-c5cccc6ccccc56)nc(-c5c6ccccc6cc6c5oc5ccccc56)n4)cc32)cc1. The summed E-state index contributed by atoms with van der Waals surface area (Å²) in [6.45, 7) is 0. The molecule has 0 unspecified atom stereocenters. The van der Waals surface area contributed by atoms with Crippen molar-refractivity contribution < 1.29 is 4.42 Å². The van der Waals surface area contributed by atoms with Gasteiger partial charge in [0.25, 0.3) is 0 Å². The molecule has 0 atom stereocenters. The lowest BCUT2D eigenvalue weighted by Gasteiger charge is -2.13. The molecule has 52 heavy (non-hydrogen) atoms. The number of rotatable bonds is 4. The van der Waals surface area contributed by atoms with Gasteiger partial charge >= 0.3 is 0 Å². The molecule has 0 bridgehead atoms. The van der Waals surface area contributed by atoms with Crippen LogP contribution in [0.4, 0.5) is 0 Å². The molecule has 0 aliphatic heterocycles. The maximum atomic E-state index is 6.66. The Morgan fingerprint density at radius 1 is 0.404 bits per heavy atom. The third-order valence-corrected chi connectivity index (χ3v) is 10.2. The van der Waals surface area contributed by atoms with E-state index in [0.717, 1.165) is 76.9 Å². The molecule has 3 aromatic heterocycles. The zero-order valence-corrected chi connectivity index (χ0v) is 27.9. The van der Waals surface area contributed by atoms with E-state index in [9.17, 15) is 0 Å². The van der Waals surface area contributed by atoms with E-state index >= 15 is 0 Å². The number of hydrogen-bond acceptors (Lipinski definition) is 4. The summed E-state index contributed by atoms with van der Waals surface area (Å²) in [6, 6.07) is 59.1. The van der Waals surface area contributed by atoms with E-state index in [1.165, 1.54) is 10.8 Å². The highest BCUT2D eigenvalue weighted by atomic mass is 16.3. The van der Waals surface area contributed by atoms with Crippen molar-refractivity contribution in [3.63, 3.8) is 0 Å². The van der Waals surface area contributed by atoms with E-state index in [1.54, 1.807) is 0 Å². The maximum Gasteiger partial charge on any atom is 0.168 e. The molecule has 0 N–H and O–H groups in total. The Balaban J connectivity index is 1.24. The van der Waals surface area contributed by atoms with Gasteiger partial charge in [0.15, 0.2) is 17.5 Å². The Bertz CT molecular complexity index is 3190. The average molecular weight is 665 g/mol. The molecule has 0 radical (unpaired) electrons. The third-order valence-electron chi connectivity index (χ3n) is 10.2. The minimum atomic E-state index is 0.567. The van der Waals surface area contributed by atoms with Crippen LogP contribution in [0.2, 0.25) is 0 Å². The zero-order chi connectivity index (χ0) is 34.2. The number of benzene rings is 8. The molecule has 0 amide bonds. The van der Waals surface area contributed by atoms with Gasteiger partial charge in [0, 0.05) is 38.4 Å². The molecular weight excluding hydrogens is 637 g/mol. The first-order chi connectivity index (χ1) is 25.8. The minimum absolute atomic E-state index is 0.567. The van der Waals surface area contributed by atoms with Gasteiger partial charge in [-0.2, -0.15) is 0 Å². The van der Waals surface area contributed by atoms with Crippen LogP contribution in [0.1, 0.15) is 0 Å². The Kier molecular flexibility index (Phi) is 6.18. The van der Waals surface area contributed by atoms with Crippen molar-refractivity contribution in [3.8, 4) is 39.9 Å². The molecule has 0 saturated heterocycles. The van der Waals surface area contributed by atoms with Crippen LogP contribution in [0.5, 0.6) is 0 Å². The number of hydrogen-bond donors (Lipinski definition) is 0. The molecule has 0 aliphatic rings. The largest absolute Gasteiger partial charge is 0.455 e. The van der Waals surface area contributed by atoms with Gasteiger partial charge in [-0.25, -0.2) is 15.0 Å². The summed E-state index contributed by atoms with van der Waals surface area (Å²) in [5, 5.41) is 8.79. The number of aromatic nitrogens is 4. The third kappa shape index (κ3) is 4.33. The molecule has 242 valence electrons. The van der Waals surface area contributed by atoms with E-state index in [-0.39, 0.29) is 0 Å². The molecule has 11 aromatic rings. The minimum Gasteiger partial charge on any atom is -0.455 e. The van der Waals surface area contributed by atoms with Crippen molar-refractivity contribution in [2.75, 3.05) is 0 Å². The summed E-state index contributed by atoms with van der Waals surface area (Å²) in [7, 11) is 0. The standard InChI is InChI=1S/C47H28N4O/c1-2-16-32(17-3-1)51-40-23-10-8-20-35(40)36-26-25-31(28-41(36)51)45-48-46(38-22-12-15-29-13-4-6-18-33(29)38)50-47(49-45)43-34-19-7-5-14-30(34)27-39-37-21-9-11-24-42(37)52-44(39)43/h1-28H. The highest BCUT2D eigenvalue weighted by molar-refractivity contribution is 6.18. The molecule has 3 heterocycles. The van der Waals surface area contributed by atoms with Gasteiger partial charge in [-0.3, -0.25) is 0 Å². The van der Waals surface area contributed by atoms with Crippen LogP contribution >= 0.6 is 0 Å². The van der Waals surface area contributed by atoms with Gasteiger partial charge in [0.05, 0.1) is 16.6 Å². The molecule has 0 saturated carbocycles. The van der Waals surface area contributed by atoms with E-state index in [1.807, 2.05) is 12.1 Å². The van der Waals surface area contributed by atoms with Crippen molar-refractivity contribution in [1.29, 1.82) is 0 Å². The monoisotopic (exact) mass is 664 g/mol. The van der Waals surface area contributed by atoms with Crippen molar-refractivity contribution in [3.05, 3.63) is 170 Å². The quantitative estimate of drug-likeness (QED) is 0.188. The van der Waals surface area contributed by atoms with Crippen LogP contribution in [0, 0.1) is 0 Å². The predicted molar refractivity (Wildman–Crippen MR) is 213 cm³/mol. The summed E-state index contributed by atoms with van der Waals surface area (Å²) >= 11 is 0. The average Bonchev–Trinajstić information content (AvgIpc) is 3.75. The first-order valence-electron chi connectivity index (χ1n) is 17.5. The Labute approximate surface area is 298 Å². The van der Waals surface area contributed by atoms with Crippen molar-refractivity contribution in [2.24, 2.45) is 0 Å². The topological polar surface area (TPSA) is 56.7 Å². The van der Waals surface area contributed by atoms with Crippen LogP contribution in [-0.4, -0.2) is 19.5 Å². The molecular formula is C47H28N4O. The van der Waals surface area contributed by atoms with Crippen molar-refractivity contribution >= 4 is 65.3 Å². The lowest BCUT2D eigenvalue weighted by atomic mass is 9.99. The van der Waals surface area contributed by atoms with E-state index in [4.69, 9.17) is 19.4 Å². The zero-order valence-electron chi connectivity index (χ0n) is 27.9. The fourth-order valence-electron chi connectivity index (χ4n) is 7.87. The molecule has 0 fully saturated rings. The fourth-order valence-corrected chi connectivity index (χ4v) is 7.87. The number of nitrogens with zero attached hydrogens (tertiary/aromatic N) is 4. The second-order valence-electron chi connectivity index (χ2n) is 13.2. The highest BCUT2D eigenvalue weighted by Gasteiger charge is 2.22. The molecule has 5 nitrogen and oxygen atoms in total. The van der Waals surface area contributed by atoms with Gasteiger partial charge in [-0.15, -0.1) is 0 Å². The highest BCUT2D eigenvalue weighted by Crippen LogP contribution is 2.42. The van der Waals surface area contributed by atoms with Crippen LogP contribution < -0.4 is 0 Å². The summed E-state index contributed by atoms with van der Waals surface area (Å²) in [5.74, 6) is 1.77. The van der Waals surface area contributed by atoms with E-state index in [0.29, 0.717) is 17.5 Å². The van der Waals surface area contributed by atoms with Crippen LogP contribution in [-0.2, 0) is 0 Å². The second kappa shape index (κ2) is 11.2. The normalized spacial score (nSPS) is 11.8. The van der Waals surface area contributed by atoms with Gasteiger partial charge < -0.3 is 8.98 Å². The fraction of sp³-hybridized carbons (Fsp3) is 0. The van der Waals surface area contributed by atoms with Crippen LogP contribution in [0.25, 0.3) is 105 Å². The maximum absolute atomic E-state index is 6.66. The van der Waals surface area contributed by atoms with Gasteiger partial charge in [0.1, 0.15) is 11.2 Å². The lowest BCUT2D eigenvalue weighted by molar-refractivity contribution is 0.670. The first-order valence-corrected chi connectivity index (χ1v) is 17.5. The smallest absolute Gasteiger partial charge is 0.168 e. The second-order valence-corrected chi connectivity index (χ2v) is 13.2. The molecule has 5 heteroatoms. The number of furan rings is 1. The molecule has 11 rings (SSSR count). The number of para-hydroxylation sites is 3. The Morgan fingerprint density at radius 3 is 1.94 bits per heavy atom. The first kappa shape index (κ1) is 28.7. The summed E-state index contributed by atoms with van der Waals surface area (Å²) in [6.07, 6.45) is 0. The molecule has 0 aliphatic carbocycles. The molecule has 8 aromatic carbocycles. The Morgan fingerprint density at radius 2 is 1.06 bits per heavy atom. The van der Waals surface area contributed by atoms with Gasteiger partial charge in [0.2, 0.25) is 0 Å². The summed E-state index contributed by atoms with van der Waals surface area (Å²) in [5.41, 5.74) is 7.63. The van der Waals surface area contributed by atoms with Crippen molar-refractivity contribution in [2.45, 2.75) is 0 Å². The van der Waals surface area contributed by atoms with Crippen LogP contribution in [0.15, 0.2) is 174 Å².